The largest absolute Gasteiger partial charge is 0.327 e. The molecule has 0 unspecified atom stereocenters. The van der Waals surface area contributed by atoms with Crippen LogP contribution >= 0.6 is 0 Å². The maximum atomic E-state index is 5.97. The lowest BCUT2D eigenvalue weighted by atomic mass is 10.1. The highest BCUT2D eigenvalue weighted by molar-refractivity contribution is 5.29. The standard InChI is InChI=1S/C11H16N2/c1-7-4-5-8(13-6-7)9-10(12)11(9,2)3/h4-6,9-10H,12H2,1-3H3/t9-,10-/m1/s1. The van der Waals surface area contributed by atoms with Crippen molar-refractivity contribution >= 4 is 0 Å². The summed E-state index contributed by atoms with van der Waals surface area (Å²) in [5, 5.41) is 0. The molecule has 1 fully saturated rings. The Morgan fingerprint density at radius 2 is 2.00 bits per heavy atom. The Balaban J connectivity index is 2.25. The SMILES string of the molecule is Cc1ccc([C@@H]2[C@@H](N)C2(C)C)nc1. The van der Waals surface area contributed by atoms with Crippen LogP contribution in [0.15, 0.2) is 18.3 Å². The first-order valence-electron chi connectivity index (χ1n) is 4.71. The summed E-state index contributed by atoms with van der Waals surface area (Å²) >= 11 is 0. The van der Waals surface area contributed by atoms with E-state index in [0.717, 1.165) is 5.69 Å². The topological polar surface area (TPSA) is 38.9 Å². The smallest absolute Gasteiger partial charge is 0.0456 e. The molecule has 2 nitrogen and oxygen atoms in total. The summed E-state index contributed by atoms with van der Waals surface area (Å²) < 4.78 is 0. The van der Waals surface area contributed by atoms with Gasteiger partial charge in [-0.1, -0.05) is 19.9 Å². The highest BCUT2D eigenvalue weighted by atomic mass is 14.9. The van der Waals surface area contributed by atoms with Crippen molar-refractivity contribution in [2.45, 2.75) is 32.7 Å². The molecule has 13 heavy (non-hydrogen) atoms. The van der Waals surface area contributed by atoms with Crippen molar-refractivity contribution in [3.63, 3.8) is 0 Å². The van der Waals surface area contributed by atoms with Crippen molar-refractivity contribution in [2.24, 2.45) is 11.1 Å². The van der Waals surface area contributed by atoms with Gasteiger partial charge in [0.15, 0.2) is 0 Å². The van der Waals surface area contributed by atoms with Crippen LogP contribution in [0.4, 0.5) is 0 Å². The van der Waals surface area contributed by atoms with Gasteiger partial charge >= 0.3 is 0 Å². The van der Waals surface area contributed by atoms with Gasteiger partial charge < -0.3 is 5.73 Å². The van der Waals surface area contributed by atoms with Crippen molar-refractivity contribution in [3.05, 3.63) is 29.6 Å². The number of nitrogens with two attached hydrogens (primary N) is 1. The average molecular weight is 176 g/mol. The van der Waals surface area contributed by atoms with Crippen LogP contribution in [0.3, 0.4) is 0 Å². The molecule has 0 saturated heterocycles. The van der Waals surface area contributed by atoms with Gasteiger partial charge in [0.1, 0.15) is 0 Å². The van der Waals surface area contributed by atoms with Crippen LogP contribution < -0.4 is 5.73 Å². The molecule has 70 valence electrons. The van der Waals surface area contributed by atoms with Crippen LogP contribution in [-0.4, -0.2) is 11.0 Å². The van der Waals surface area contributed by atoms with Crippen LogP contribution in [0.25, 0.3) is 0 Å². The number of aromatic nitrogens is 1. The number of hydrogen-bond acceptors (Lipinski definition) is 2. The summed E-state index contributed by atoms with van der Waals surface area (Å²) in [5.41, 5.74) is 8.56. The lowest BCUT2D eigenvalue weighted by Gasteiger charge is -2.01. The van der Waals surface area contributed by atoms with E-state index in [1.807, 2.05) is 6.20 Å². The first kappa shape index (κ1) is 8.70. The highest BCUT2D eigenvalue weighted by Crippen LogP contribution is 2.56. The fourth-order valence-corrected chi connectivity index (χ4v) is 1.91. The Labute approximate surface area is 79.2 Å². The second-order valence-electron chi connectivity index (χ2n) is 4.59. The maximum Gasteiger partial charge on any atom is 0.0456 e. The van der Waals surface area contributed by atoms with Gasteiger partial charge in [-0.3, -0.25) is 4.98 Å². The molecule has 2 N–H and O–H groups in total. The molecule has 1 aliphatic carbocycles. The lowest BCUT2D eigenvalue weighted by Crippen LogP contribution is -2.06. The number of hydrogen-bond donors (Lipinski definition) is 1. The molecule has 1 aliphatic rings. The predicted octanol–water partition coefficient (Wildman–Crippen LogP) is 1.84. The molecule has 0 spiro atoms. The van der Waals surface area contributed by atoms with Crippen LogP contribution in [-0.2, 0) is 0 Å². The molecule has 2 heteroatoms. The van der Waals surface area contributed by atoms with Gasteiger partial charge in [-0.2, -0.15) is 0 Å². The second-order valence-corrected chi connectivity index (χ2v) is 4.59. The van der Waals surface area contributed by atoms with E-state index in [2.05, 4.69) is 37.9 Å². The Kier molecular flexibility index (Phi) is 1.70. The summed E-state index contributed by atoms with van der Waals surface area (Å²) in [6.07, 6.45) is 1.91. The summed E-state index contributed by atoms with van der Waals surface area (Å²) in [6, 6.07) is 4.47. The molecule has 2 rings (SSSR count). The van der Waals surface area contributed by atoms with Gasteiger partial charge in [0.05, 0.1) is 0 Å². The summed E-state index contributed by atoms with van der Waals surface area (Å²) in [4.78, 5) is 4.41. The molecule has 0 bridgehead atoms. The van der Waals surface area contributed by atoms with Crippen molar-refractivity contribution in [3.8, 4) is 0 Å². The molecular formula is C11H16N2. The summed E-state index contributed by atoms with van der Waals surface area (Å²) in [6.45, 7) is 6.45. The van der Waals surface area contributed by atoms with E-state index < -0.39 is 0 Å². The summed E-state index contributed by atoms with van der Waals surface area (Å²) in [5.74, 6) is 0.452. The van der Waals surface area contributed by atoms with Crippen molar-refractivity contribution < 1.29 is 0 Å². The molecule has 2 atom stereocenters. The fourth-order valence-electron chi connectivity index (χ4n) is 1.91. The molecular weight excluding hydrogens is 160 g/mol. The minimum absolute atomic E-state index is 0.238. The Morgan fingerprint density at radius 3 is 2.38 bits per heavy atom. The van der Waals surface area contributed by atoms with E-state index in [9.17, 15) is 0 Å². The van der Waals surface area contributed by atoms with Crippen LogP contribution in [0.1, 0.15) is 31.0 Å². The van der Waals surface area contributed by atoms with Gasteiger partial charge in [-0.05, 0) is 24.0 Å². The van der Waals surface area contributed by atoms with Crippen molar-refractivity contribution in [1.82, 2.24) is 4.98 Å². The third kappa shape index (κ3) is 1.25. The first-order chi connectivity index (χ1) is 6.03. The molecule has 1 aromatic heterocycles. The first-order valence-corrected chi connectivity index (χ1v) is 4.71. The predicted molar refractivity (Wildman–Crippen MR) is 53.5 cm³/mol. The van der Waals surface area contributed by atoms with Gasteiger partial charge in [-0.15, -0.1) is 0 Å². The van der Waals surface area contributed by atoms with Gasteiger partial charge in [0.25, 0.3) is 0 Å². The van der Waals surface area contributed by atoms with Crippen LogP contribution in [0, 0.1) is 12.3 Å². The van der Waals surface area contributed by atoms with Crippen LogP contribution in [0.5, 0.6) is 0 Å². The van der Waals surface area contributed by atoms with Gasteiger partial charge in [0, 0.05) is 23.9 Å². The quantitative estimate of drug-likeness (QED) is 0.709. The van der Waals surface area contributed by atoms with Crippen molar-refractivity contribution in [1.29, 1.82) is 0 Å². The monoisotopic (exact) mass is 176 g/mol. The zero-order valence-electron chi connectivity index (χ0n) is 8.41. The van der Waals surface area contributed by atoms with E-state index in [0.29, 0.717) is 5.92 Å². The number of pyridine rings is 1. The van der Waals surface area contributed by atoms with Gasteiger partial charge in [0.2, 0.25) is 0 Å². The molecule has 1 aromatic rings. The van der Waals surface area contributed by atoms with E-state index >= 15 is 0 Å². The van der Waals surface area contributed by atoms with Crippen LogP contribution in [0.2, 0.25) is 0 Å². The number of rotatable bonds is 1. The minimum atomic E-state index is 0.238. The third-order valence-corrected chi connectivity index (χ3v) is 3.16. The molecule has 0 amide bonds. The van der Waals surface area contributed by atoms with E-state index in [4.69, 9.17) is 5.73 Å². The average Bonchev–Trinajstić information content (AvgIpc) is 2.55. The van der Waals surface area contributed by atoms with E-state index in [-0.39, 0.29) is 11.5 Å². The Bertz CT molecular complexity index is 313. The van der Waals surface area contributed by atoms with E-state index in [1.165, 1.54) is 5.56 Å². The fraction of sp³-hybridized carbons (Fsp3) is 0.545. The van der Waals surface area contributed by atoms with E-state index in [1.54, 1.807) is 0 Å². The minimum Gasteiger partial charge on any atom is -0.327 e. The molecule has 0 radical (unpaired) electrons. The normalized spacial score (nSPS) is 30.2. The third-order valence-electron chi connectivity index (χ3n) is 3.16. The molecule has 1 heterocycles. The number of nitrogens with zero attached hydrogens (tertiary/aromatic N) is 1. The maximum absolute atomic E-state index is 5.97. The molecule has 0 aromatic carbocycles. The summed E-state index contributed by atoms with van der Waals surface area (Å²) in [7, 11) is 0. The molecule has 0 aliphatic heterocycles. The highest BCUT2D eigenvalue weighted by Gasteiger charge is 2.56. The number of aryl methyl sites for hydroxylation is 1. The zero-order chi connectivity index (χ0) is 9.64. The second kappa shape index (κ2) is 2.55. The molecule has 1 saturated carbocycles. The zero-order valence-corrected chi connectivity index (χ0v) is 8.41. The Hall–Kier alpha value is -0.890. The Morgan fingerprint density at radius 1 is 1.38 bits per heavy atom. The van der Waals surface area contributed by atoms with Crippen molar-refractivity contribution in [2.75, 3.05) is 0 Å². The van der Waals surface area contributed by atoms with Gasteiger partial charge in [-0.25, -0.2) is 0 Å². The lowest BCUT2D eigenvalue weighted by molar-refractivity contribution is 0.595.